The van der Waals surface area contributed by atoms with E-state index in [1.54, 1.807) is 18.3 Å². The number of hydrogen-bond donors (Lipinski definition) is 1. The Labute approximate surface area is 62.3 Å². The van der Waals surface area contributed by atoms with Gasteiger partial charge in [-0.3, -0.25) is 0 Å². The van der Waals surface area contributed by atoms with Gasteiger partial charge in [-0.25, -0.2) is 4.98 Å². The molecule has 4 heteroatoms. The third-order valence-electron chi connectivity index (χ3n) is 0.899. The maximum Gasteiger partial charge on any atom is 0.328 e. The molecule has 9 heavy (non-hydrogen) atoms. The Morgan fingerprint density at radius 1 is 1.56 bits per heavy atom. The van der Waals surface area contributed by atoms with Crippen LogP contribution in [0.1, 0.15) is 0 Å². The lowest BCUT2D eigenvalue weighted by Crippen LogP contribution is -2.12. The summed E-state index contributed by atoms with van der Waals surface area (Å²) >= 11 is 3.17. The molecule has 0 bridgehead atoms. The summed E-state index contributed by atoms with van der Waals surface area (Å²) in [5.41, 5.74) is 0.707. The van der Waals surface area contributed by atoms with Gasteiger partial charge in [0.1, 0.15) is 4.60 Å². The van der Waals surface area contributed by atoms with Crippen molar-refractivity contribution in [2.75, 3.05) is 0 Å². The van der Waals surface area contributed by atoms with Gasteiger partial charge in [0.15, 0.2) is 0 Å². The van der Waals surface area contributed by atoms with Gasteiger partial charge in [-0.15, -0.1) is 0 Å². The highest BCUT2D eigenvalue weighted by Crippen LogP contribution is 1.99. The summed E-state index contributed by atoms with van der Waals surface area (Å²) < 4.78 is 0.771. The van der Waals surface area contributed by atoms with E-state index in [0.29, 0.717) is 5.46 Å². The van der Waals surface area contributed by atoms with E-state index in [-0.39, 0.29) is 0 Å². The predicted octanol–water partition coefficient (Wildman–Crippen LogP) is 0.0809. The maximum absolute atomic E-state index is 8.45. The summed E-state index contributed by atoms with van der Waals surface area (Å²) in [4.78, 5) is 3.88. The van der Waals surface area contributed by atoms with Crippen LogP contribution in [0, 0.1) is 0 Å². The molecule has 0 fully saturated rings. The summed E-state index contributed by atoms with van der Waals surface area (Å²) in [6.07, 6.45) is 1.57. The average Bonchev–Trinajstić information content (AvgIpc) is 1.90. The van der Waals surface area contributed by atoms with Crippen molar-refractivity contribution in [3.8, 4) is 0 Å². The fraction of sp³-hybridized carbons (Fsp3) is 0. The summed E-state index contributed by atoms with van der Waals surface area (Å²) in [6.45, 7) is 0. The van der Waals surface area contributed by atoms with Gasteiger partial charge >= 0.3 is 7.48 Å². The molecule has 1 aromatic rings. The van der Waals surface area contributed by atoms with Crippen LogP contribution in [0.5, 0.6) is 0 Å². The minimum Gasteiger partial charge on any atom is -0.450 e. The second kappa shape index (κ2) is 2.99. The van der Waals surface area contributed by atoms with Gasteiger partial charge in [-0.2, -0.15) is 0 Å². The van der Waals surface area contributed by atoms with Crippen molar-refractivity contribution >= 4 is 28.9 Å². The first-order valence-corrected chi connectivity index (χ1v) is 3.21. The molecular formula is C5H4BBrNO. The lowest BCUT2D eigenvalue weighted by atomic mass is 9.91. The number of pyridine rings is 1. The zero-order chi connectivity index (χ0) is 6.69. The quantitative estimate of drug-likeness (QED) is 0.496. The van der Waals surface area contributed by atoms with E-state index in [1.807, 2.05) is 0 Å². The van der Waals surface area contributed by atoms with Crippen LogP contribution >= 0.6 is 15.9 Å². The topological polar surface area (TPSA) is 33.1 Å². The molecule has 0 aliphatic heterocycles. The van der Waals surface area contributed by atoms with Gasteiger partial charge < -0.3 is 5.02 Å². The van der Waals surface area contributed by atoms with Crippen molar-refractivity contribution in [2.24, 2.45) is 0 Å². The summed E-state index contributed by atoms with van der Waals surface area (Å²) in [5, 5.41) is 8.45. The van der Waals surface area contributed by atoms with Gasteiger partial charge in [0, 0.05) is 6.20 Å². The smallest absolute Gasteiger partial charge is 0.328 e. The summed E-state index contributed by atoms with van der Waals surface area (Å²) in [7, 11) is 1.01. The van der Waals surface area contributed by atoms with Crippen molar-refractivity contribution < 1.29 is 5.02 Å². The van der Waals surface area contributed by atoms with E-state index >= 15 is 0 Å². The molecule has 45 valence electrons. The fourth-order valence-corrected chi connectivity index (χ4v) is 0.698. The van der Waals surface area contributed by atoms with Crippen molar-refractivity contribution in [1.82, 2.24) is 4.98 Å². The van der Waals surface area contributed by atoms with Crippen molar-refractivity contribution in [1.29, 1.82) is 0 Å². The van der Waals surface area contributed by atoms with Gasteiger partial charge in [0.2, 0.25) is 0 Å². The van der Waals surface area contributed by atoms with E-state index in [2.05, 4.69) is 20.9 Å². The van der Waals surface area contributed by atoms with Gasteiger partial charge in [0.05, 0.1) is 0 Å². The number of nitrogens with zero attached hydrogens (tertiary/aromatic N) is 1. The molecule has 0 atom stereocenters. The number of hydrogen-bond acceptors (Lipinski definition) is 2. The lowest BCUT2D eigenvalue weighted by Gasteiger charge is -1.90. The molecule has 0 spiro atoms. The van der Waals surface area contributed by atoms with E-state index in [9.17, 15) is 0 Å². The Hall–Kier alpha value is -0.345. The molecule has 1 radical (unpaired) electrons. The summed E-state index contributed by atoms with van der Waals surface area (Å²) in [5.74, 6) is 0. The minimum absolute atomic E-state index is 0.707. The lowest BCUT2D eigenvalue weighted by molar-refractivity contribution is 0.615. The molecule has 1 rings (SSSR count). The SMILES string of the molecule is O[B]c1ccc(Br)nc1. The van der Waals surface area contributed by atoms with Crippen LogP contribution in [0.3, 0.4) is 0 Å². The largest absolute Gasteiger partial charge is 0.450 e. The molecule has 0 unspecified atom stereocenters. The summed E-state index contributed by atoms with van der Waals surface area (Å²) in [6, 6.07) is 3.53. The van der Waals surface area contributed by atoms with E-state index < -0.39 is 0 Å². The third kappa shape index (κ3) is 1.80. The first-order valence-electron chi connectivity index (χ1n) is 2.42. The predicted molar refractivity (Wildman–Crippen MR) is 39.5 cm³/mol. The van der Waals surface area contributed by atoms with E-state index in [1.165, 1.54) is 0 Å². The number of rotatable bonds is 1. The zero-order valence-corrected chi connectivity index (χ0v) is 6.17. The Balaban J connectivity index is 2.88. The Kier molecular flexibility index (Phi) is 2.25. The molecule has 0 aliphatic rings. The second-order valence-corrected chi connectivity index (χ2v) is 2.36. The molecule has 0 aromatic carbocycles. The monoisotopic (exact) mass is 184 g/mol. The van der Waals surface area contributed by atoms with Crippen LogP contribution in [0.2, 0.25) is 0 Å². The average molecular weight is 185 g/mol. The highest BCUT2D eigenvalue weighted by Gasteiger charge is 1.91. The van der Waals surface area contributed by atoms with Crippen LogP contribution in [0.25, 0.3) is 0 Å². The van der Waals surface area contributed by atoms with Crippen LogP contribution in [-0.4, -0.2) is 17.5 Å². The fourth-order valence-electron chi connectivity index (χ4n) is 0.464. The first-order chi connectivity index (χ1) is 4.33. The Morgan fingerprint density at radius 3 is 2.78 bits per heavy atom. The molecule has 0 saturated heterocycles. The second-order valence-electron chi connectivity index (χ2n) is 1.54. The number of halogens is 1. The van der Waals surface area contributed by atoms with Crippen molar-refractivity contribution in [3.63, 3.8) is 0 Å². The van der Waals surface area contributed by atoms with Gasteiger partial charge in [0.25, 0.3) is 0 Å². The molecule has 2 nitrogen and oxygen atoms in total. The zero-order valence-electron chi connectivity index (χ0n) is 4.58. The standard InChI is InChI=1S/C5H4BBrNO/c7-5-2-1-4(6-9)3-8-5/h1-3,9H. The van der Waals surface area contributed by atoms with E-state index in [0.717, 1.165) is 12.1 Å². The van der Waals surface area contributed by atoms with E-state index in [4.69, 9.17) is 5.02 Å². The maximum atomic E-state index is 8.45. The normalized spacial score (nSPS) is 9.11. The molecular weight excluding hydrogens is 181 g/mol. The van der Waals surface area contributed by atoms with Crippen LogP contribution < -0.4 is 5.46 Å². The molecule has 0 aliphatic carbocycles. The Bertz CT molecular complexity index is 189. The van der Waals surface area contributed by atoms with Crippen LogP contribution in [0.4, 0.5) is 0 Å². The molecule has 0 amide bonds. The Morgan fingerprint density at radius 2 is 2.33 bits per heavy atom. The van der Waals surface area contributed by atoms with Gasteiger partial charge in [-0.05, 0) is 27.5 Å². The van der Waals surface area contributed by atoms with Crippen molar-refractivity contribution in [3.05, 3.63) is 22.9 Å². The van der Waals surface area contributed by atoms with Crippen molar-refractivity contribution in [2.45, 2.75) is 0 Å². The third-order valence-corrected chi connectivity index (χ3v) is 1.37. The number of aromatic nitrogens is 1. The first kappa shape index (κ1) is 6.77. The highest BCUT2D eigenvalue weighted by atomic mass is 79.9. The highest BCUT2D eigenvalue weighted by molar-refractivity contribution is 9.10. The molecule has 1 N–H and O–H groups in total. The molecule has 0 saturated carbocycles. The molecule has 1 heterocycles. The van der Waals surface area contributed by atoms with Crippen LogP contribution in [0.15, 0.2) is 22.9 Å². The molecule has 1 aromatic heterocycles. The van der Waals surface area contributed by atoms with Crippen LogP contribution in [-0.2, 0) is 0 Å². The minimum atomic E-state index is 0.707. The van der Waals surface area contributed by atoms with Gasteiger partial charge in [-0.1, -0.05) is 6.07 Å².